The fraction of sp³-hybridized carbons (Fsp3) is 0.200. The molecule has 0 bridgehead atoms. The van der Waals surface area contributed by atoms with E-state index < -0.39 is 11.8 Å². The largest absolute Gasteiger partial charge is 0.475 e. The van der Waals surface area contributed by atoms with Crippen molar-refractivity contribution in [2.75, 3.05) is 17.6 Å². The number of nitrogens with one attached hydrogen (secondary N) is 1. The lowest BCUT2D eigenvalue weighted by molar-refractivity contribution is -0.131. The van der Waals surface area contributed by atoms with Gasteiger partial charge in [0.25, 0.3) is 5.78 Å². The van der Waals surface area contributed by atoms with Gasteiger partial charge in [0.1, 0.15) is 0 Å². The first-order valence-corrected chi connectivity index (χ1v) is 5.01. The van der Waals surface area contributed by atoms with Crippen molar-refractivity contribution in [2.45, 2.75) is 0 Å². The molecule has 0 amide bonds. The maximum Gasteiger partial charge on any atom is 0.377 e. The van der Waals surface area contributed by atoms with Gasteiger partial charge in [-0.1, -0.05) is 12.1 Å². The second-order valence-corrected chi connectivity index (χ2v) is 3.28. The van der Waals surface area contributed by atoms with E-state index in [-0.39, 0.29) is 5.56 Å². The molecule has 80 valence electrons. The summed E-state index contributed by atoms with van der Waals surface area (Å²) in [5.41, 5.74) is 0.700. The zero-order valence-corrected chi connectivity index (χ0v) is 8.83. The lowest BCUT2D eigenvalue weighted by Crippen LogP contribution is -2.16. The molecule has 15 heavy (non-hydrogen) atoms. The average molecular weight is 225 g/mol. The molecule has 0 saturated heterocycles. The molecule has 0 saturated carbocycles. The molecule has 0 fully saturated rings. The molecule has 0 spiro atoms. The zero-order chi connectivity index (χ0) is 11.3. The molecule has 0 atom stereocenters. The Morgan fingerprint density at radius 2 is 2.00 bits per heavy atom. The van der Waals surface area contributed by atoms with E-state index in [2.05, 4.69) is 17.9 Å². The molecule has 0 aliphatic rings. The standard InChI is InChI=1S/C10H11NO3S/c12-9(10(13)14)7-3-1-2-4-8(7)11-5-6-15/h1-4,11,15H,5-6H2,(H,13,14). The molecule has 0 radical (unpaired) electrons. The van der Waals surface area contributed by atoms with Crippen molar-refractivity contribution in [3.63, 3.8) is 0 Å². The summed E-state index contributed by atoms with van der Waals surface area (Å²) in [4.78, 5) is 21.8. The van der Waals surface area contributed by atoms with E-state index in [4.69, 9.17) is 5.11 Å². The minimum Gasteiger partial charge on any atom is -0.475 e. The van der Waals surface area contributed by atoms with Crippen LogP contribution >= 0.6 is 12.6 Å². The molecule has 2 N–H and O–H groups in total. The number of carbonyl (C=O) groups excluding carboxylic acids is 1. The highest BCUT2D eigenvalue weighted by Gasteiger charge is 2.17. The van der Waals surface area contributed by atoms with Crippen LogP contribution in [-0.4, -0.2) is 29.2 Å². The molecule has 0 heterocycles. The van der Waals surface area contributed by atoms with Crippen LogP contribution in [0.3, 0.4) is 0 Å². The van der Waals surface area contributed by atoms with Crippen LogP contribution < -0.4 is 5.32 Å². The molecular weight excluding hydrogens is 214 g/mol. The van der Waals surface area contributed by atoms with Gasteiger partial charge in [-0.3, -0.25) is 4.79 Å². The molecule has 4 nitrogen and oxygen atoms in total. The van der Waals surface area contributed by atoms with Crippen LogP contribution in [0.2, 0.25) is 0 Å². The minimum absolute atomic E-state index is 0.173. The molecule has 0 unspecified atom stereocenters. The highest BCUT2D eigenvalue weighted by Crippen LogP contribution is 2.15. The Kier molecular flexibility index (Phi) is 4.17. The molecule has 0 aliphatic carbocycles. The number of hydrogen-bond donors (Lipinski definition) is 3. The fourth-order valence-corrected chi connectivity index (χ4v) is 1.25. The van der Waals surface area contributed by atoms with Gasteiger partial charge in [0.2, 0.25) is 0 Å². The first-order chi connectivity index (χ1) is 7.16. The lowest BCUT2D eigenvalue weighted by Gasteiger charge is -2.08. The van der Waals surface area contributed by atoms with Gasteiger partial charge >= 0.3 is 5.97 Å². The van der Waals surface area contributed by atoms with Crippen LogP contribution in [0.15, 0.2) is 24.3 Å². The Bertz CT molecular complexity index is 379. The Morgan fingerprint density at radius 1 is 1.33 bits per heavy atom. The van der Waals surface area contributed by atoms with Crippen LogP contribution in [0.5, 0.6) is 0 Å². The minimum atomic E-state index is -1.45. The smallest absolute Gasteiger partial charge is 0.377 e. The number of carboxylic acid groups (broad SMARTS) is 1. The van der Waals surface area contributed by atoms with E-state index in [0.717, 1.165) is 0 Å². The lowest BCUT2D eigenvalue weighted by atomic mass is 10.1. The van der Waals surface area contributed by atoms with Gasteiger partial charge in [0.15, 0.2) is 0 Å². The molecule has 1 aromatic rings. The Morgan fingerprint density at radius 3 is 2.60 bits per heavy atom. The number of rotatable bonds is 5. The average Bonchev–Trinajstić information content (AvgIpc) is 2.25. The van der Waals surface area contributed by atoms with Crippen molar-refractivity contribution in [1.29, 1.82) is 0 Å². The third-order valence-electron chi connectivity index (χ3n) is 1.79. The van der Waals surface area contributed by atoms with E-state index in [0.29, 0.717) is 18.0 Å². The molecule has 0 aromatic heterocycles. The number of Topliss-reactive ketones (excluding diaryl/α,β-unsaturated/α-hetero) is 1. The second kappa shape index (κ2) is 5.41. The van der Waals surface area contributed by atoms with Crippen molar-refractivity contribution in [3.8, 4) is 0 Å². The maximum absolute atomic E-state index is 11.3. The third-order valence-corrected chi connectivity index (χ3v) is 2.02. The first-order valence-electron chi connectivity index (χ1n) is 4.38. The van der Waals surface area contributed by atoms with E-state index >= 15 is 0 Å². The van der Waals surface area contributed by atoms with Crippen LogP contribution in [-0.2, 0) is 4.79 Å². The highest BCUT2D eigenvalue weighted by atomic mass is 32.1. The Balaban J connectivity index is 2.95. The van der Waals surface area contributed by atoms with Gasteiger partial charge in [-0.05, 0) is 12.1 Å². The van der Waals surface area contributed by atoms with Gasteiger partial charge in [0, 0.05) is 18.0 Å². The van der Waals surface area contributed by atoms with E-state index in [9.17, 15) is 9.59 Å². The third kappa shape index (κ3) is 2.99. The van der Waals surface area contributed by atoms with Crippen LogP contribution in [0.1, 0.15) is 10.4 Å². The van der Waals surface area contributed by atoms with E-state index in [1.54, 1.807) is 18.2 Å². The summed E-state index contributed by atoms with van der Waals surface area (Å²) in [5.74, 6) is -1.75. The molecule has 1 aromatic carbocycles. The summed E-state index contributed by atoms with van der Waals surface area (Å²) in [6.07, 6.45) is 0. The summed E-state index contributed by atoms with van der Waals surface area (Å²) in [5, 5.41) is 11.5. The predicted molar refractivity (Wildman–Crippen MR) is 60.8 cm³/mol. The monoisotopic (exact) mass is 225 g/mol. The summed E-state index contributed by atoms with van der Waals surface area (Å²) < 4.78 is 0. The fourth-order valence-electron chi connectivity index (χ4n) is 1.14. The highest BCUT2D eigenvalue weighted by molar-refractivity contribution is 7.80. The van der Waals surface area contributed by atoms with Gasteiger partial charge in [-0.2, -0.15) is 12.6 Å². The summed E-state index contributed by atoms with van der Waals surface area (Å²) >= 11 is 4.01. The quantitative estimate of drug-likeness (QED) is 0.401. The van der Waals surface area contributed by atoms with Gasteiger partial charge < -0.3 is 10.4 Å². The normalized spacial score (nSPS) is 9.67. The summed E-state index contributed by atoms with van der Waals surface area (Å²) in [7, 11) is 0. The number of carbonyl (C=O) groups is 2. The number of para-hydroxylation sites is 1. The van der Waals surface area contributed by atoms with Crippen LogP contribution in [0.25, 0.3) is 0 Å². The number of benzene rings is 1. The first kappa shape index (κ1) is 11.6. The number of aliphatic carboxylic acids is 1. The second-order valence-electron chi connectivity index (χ2n) is 2.83. The number of ketones is 1. The Labute approximate surface area is 92.7 Å². The van der Waals surface area contributed by atoms with Gasteiger partial charge in [0.05, 0.1) is 5.56 Å². The molecule has 1 rings (SSSR count). The molecular formula is C10H11NO3S. The maximum atomic E-state index is 11.3. The van der Waals surface area contributed by atoms with Crippen molar-refractivity contribution in [3.05, 3.63) is 29.8 Å². The molecule has 0 aliphatic heterocycles. The van der Waals surface area contributed by atoms with E-state index in [1.165, 1.54) is 6.07 Å². The number of carboxylic acids is 1. The molecule has 5 heteroatoms. The van der Waals surface area contributed by atoms with Gasteiger partial charge in [-0.25, -0.2) is 4.79 Å². The number of anilines is 1. The van der Waals surface area contributed by atoms with E-state index in [1.807, 2.05) is 0 Å². The van der Waals surface area contributed by atoms with Crippen LogP contribution in [0, 0.1) is 0 Å². The van der Waals surface area contributed by atoms with Crippen molar-refractivity contribution >= 4 is 30.1 Å². The zero-order valence-electron chi connectivity index (χ0n) is 7.93. The van der Waals surface area contributed by atoms with Crippen molar-refractivity contribution in [1.82, 2.24) is 0 Å². The van der Waals surface area contributed by atoms with Crippen molar-refractivity contribution < 1.29 is 14.7 Å². The van der Waals surface area contributed by atoms with Crippen LogP contribution in [0.4, 0.5) is 5.69 Å². The Hall–Kier alpha value is -1.49. The summed E-state index contributed by atoms with van der Waals surface area (Å²) in [6.45, 7) is 0.576. The number of hydrogen-bond acceptors (Lipinski definition) is 4. The summed E-state index contributed by atoms with van der Waals surface area (Å²) in [6, 6.07) is 6.51. The number of thiol groups is 1. The topological polar surface area (TPSA) is 66.4 Å². The van der Waals surface area contributed by atoms with Crippen molar-refractivity contribution in [2.24, 2.45) is 0 Å². The SMILES string of the molecule is O=C(O)C(=O)c1ccccc1NCCS. The van der Waals surface area contributed by atoms with Gasteiger partial charge in [-0.15, -0.1) is 0 Å². The predicted octanol–water partition coefficient (Wildman–Crippen LogP) is 1.30.